The molecule has 1 heterocycles. The van der Waals surface area contributed by atoms with E-state index >= 15 is 0 Å². The summed E-state index contributed by atoms with van der Waals surface area (Å²) in [5.41, 5.74) is 0.305. The van der Waals surface area contributed by atoms with Gasteiger partial charge in [-0.1, -0.05) is 12.1 Å². The van der Waals surface area contributed by atoms with Gasteiger partial charge in [-0.05, 0) is 28.1 Å². The standard InChI is InChI=1S/C13H13BrN3O/c14-11-3-1-2-4-12(11)16-13(9-15)5-7-17(10-18)8-6-13/h1-4,16H,5-8H2. The molecule has 1 amide bonds. The number of nitriles is 1. The Morgan fingerprint density at radius 1 is 1.33 bits per heavy atom. The Hall–Kier alpha value is -1.54. The molecular formula is C13H13BrN3O. The van der Waals surface area contributed by atoms with Crippen molar-refractivity contribution in [2.75, 3.05) is 18.4 Å². The number of nitrogens with one attached hydrogen (secondary N) is 1. The predicted octanol–water partition coefficient (Wildman–Crippen LogP) is 2.29. The van der Waals surface area contributed by atoms with Gasteiger partial charge in [0, 0.05) is 36.1 Å². The fraction of sp³-hybridized carbons (Fsp3) is 0.385. The second-order valence-electron chi connectivity index (χ2n) is 4.38. The first-order valence-corrected chi connectivity index (χ1v) is 6.55. The van der Waals surface area contributed by atoms with Gasteiger partial charge in [0.25, 0.3) is 0 Å². The third kappa shape index (κ3) is 2.65. The van der Waals surface area contributed by atoms with Crippen molar-refractivity contribution in [3.8, 4) is 6.07 Å². The summed E-state index contributed by atoms with van der Waals surface area (Å²) in [5, 5.41) is 12.7. The van der Waals surface area contributed by atoms with Gasteiger partial charge in [0.1, 0.15) is 5.54 Å². The summed E-state index contributed by atoms with van der Waals surface area (Å²) in [4.78, 5) is 12.1. The van der Waals surface area contributed by atoms with E-state index in [9.17, 15) is 10.1 Å². The van der Waals surface area contributed by atoms with Crippen molar-refractivity contribution in [1.29, 1.82) is 5.26 Å². The predicted molar refractivity (Wildman–Crippen MR) is 72.6 cm³/mol. The molecule has 1 aromatic rings. The molecule has 4 nitrogen and oxygen atoms in total. The number of halogens is 1. The number of rotatable bonds is 3. The summed E-state index contributed by atoms with van der Waals surface area (Å²) < 4.78 is 0.934. The van der Waals surface area contributed by atoms with Crippen molar-refractivity contribution in [1.82, 2.24) is 4.90 Å². The highest BCUT2D eigenvalue weighted by molar-refractivity contribution is 9.10. The molecule has 0 atom stereocenters. The van der Waals surface area contributed by atoms with Crippen LogP contribution in [-0.4, -0.2) is 29.9 Å². The molecular weight excluding hydrogens is 294 g/mol. The second-order valence-corrected chi connectivity index (χ2v) is 5.23. The van der Waals surface area contributed by atoms with Crippen LogP contribution in [0.3, 0.4) is 0 Å². The Labute approximate surface area is 115 Å². The third-order valence-electron chi connectivity index (χ3n) is 3.21. The molecule has 5 heteroatoms. The average molecular weight is 307 g/mol. The van der Waals surface area contributed by atoms with Crippen LogP contribution in [-0.2, 0) is 4.79 Å². The number of para-hydroxylation sites is 1. The van der Waals surface area contributed by atoms with Gasteiger partial charge < -0.3 is 10.2 Å². The molecule has 1 fully saturated rings. The molecule has 93 valence electrons. The number of nitrogens with zero attached hydrogens (tertiary/aromatic N) is 2. The van der Waals surface area contributed by atoms with Gasteiger partial charge in [-0.2, -0.15) is 5.26 Å². The molecule has 0 spiro atoms. The fourth-order valence-electron chi connectivity index (χ4n) is 2.06. The number of benzene rings is 1. The number of carbonyl (C=O) groups excluding carboxylic acids is 1. The Morgan fingerprint density at radius 3 is 2.56 bits per heavy atom. The molecule has 0 saturated carbocycles. The summed E-state index contributed by atoms with van der Waals surface area (Å²) >= 11 is 3.46. The minimum Gasteiger partial charge on any atom is -0.366 e. The zero-order chi connectivity index (χ0) is 13.0. The molecule has 0 aliphatic carbocycles. The number of likely N-dealkylation sites (tertiary alicyclic amines) is 1. The lowest BCUT2D eigenvalue weighted by Crippen LogP contribution is -2.47. The van der Waals surface area contributed by atoms with E-state index in [1.807, 2.05) is 30.7 Å². The molecule has 2 rings (SSSR count). The van der Waals surface area contributed by atoms with E-state index in [0.29, 0.717) is 25.9 Å². The molecule has 0 aromatic heterocycles. The Bertz CT molecular complexity index is 475. The Balaban J connectivity index is 2.13. The first-order chi connectivity index (χ1) is 8.69. The first-order valence-electron chi connectivity index (χ1n) is 5.76. The van der Waals surface area contributed by atoms with Crippen LogP contribution in [0.25, 0.3) is 0 Å². The van der Waals surface area contributed by atoms with Gasteiger partial charge in [-0.25, -0.2) is 0 Å². The molecule has 1 radical (unpaired) electrons. The van der Waals surface area contributed by atoms with E-state index in [-0.39, 0.29) is 0 Å². The van der Waals surface area contributed by atoms with Crippen LogP contribution in [0.5, 0.6) is 0 Å². The van der Waals surface area contributed by atoms with E-state index in [1.165, 1.54) is 0 Å². The van der Waals surface area contributed by atoms with Crippen LogP contribution in [0, 0.1) is 11.3 Å². The maximum absolute atomic E-state index is 10.6. The van der Waals surface area contributed by atoms with E-state index in [2.05, 4.69) is 27.3 Å². The van der Waals surface area contributed by atoms with E-state index in [0.717, 1.165) is 10.2 Å². The van der Waals surface area contributed by atoms with Crippen LogP contribution in [0.15, 0.2) is 28.7 Å². The van der Waals surface area contributed by atoms with Crippen molar-refractivity contribution in [2.24, 2.45) is 0 Å². The van der Waals surface area contributed by atoms with Crippen molar-refractivity contribution in [3.05, 3.63) is 28.7 Å². The zero-order valence-electron chi connectivity index (χ0n) is 9.82. The van der Waals surface area contributed by atoms with Crippen LogP contribution in [0.4, 0.5) is 5.69 Å². The van der Waals surface area contributed by atoms with Gasteiger partial charge in [-0.3, -0.25) is 4.79 Å². The molecule has 18 heavy (non-hydrogen) atoms. The van der Waals surface area contributed by atoms with Crippen molar-refractivity contribution < 1.29 is 4.79 Å². The number of hydrogen-bond acceptors (Lipinski definition) is 3. The number of amides is 1. The van der Waals surface area contributed by atoms with Gasteiger partial charge in [0.15, 0.2) is 0 Å². The number of anilines is 1. The van der Waals surface area contributed by atoms with Crippen molar-refractivity contribution in [2.45, 2.75) is 18.4 Å². The lowest BCUT2D eigenvalue weighted by molar-refractivity contribution is 0.274. The zero-order valence-corrected chi connectivity index (χ0v) is 11.4. The quantitative estimate of drug-likeness (QED) is 0.932. The highest BCUT2D eigenvalue weighted by atomic mass is 79.9. The summed E-state index contributed by atoms with van der Waals surface area (Å²) in [5.74, 6) is 0. The van der Waals surface area contributed by atoms with Crippen LogP contribution in [0.2, 0.25) is 0 Å². The third-order valence-corrected chi connectivity index (χ3v) is 3.90. The highest BCUT2D eigenvalue weighted by Gasteiger charge is 2.34. The van der Waals surface area contributed by atoms with Crippen LogP contribution in [0.1, 0.15) is 12.8 Å². The Kier molecular flexibility index (Phi) is 3.87. The lowest BCUT2D eigenvalue weighted by atomic mass is 9.89. The normalized spacial score (nSPS) is 17.9. The van der Waals surface area contributed by atoms with Crippen LogP contribution >= 0.6 is 15.9 Å². The van der Waals surface area contributed by atoms with Gasteiger partial charge >= 0.3 is 6.41 Å². The SMILES string of the molecule is N#CC1(Nc2ccccc2Br)CCN([C]=O)CC1. The Morgan fingerprint density at radius 2 is 2.00 bits per heavy atom. The molecule has 1 aliphatic rings. The van der Waals surface area contributed by atoms with E-state index in [1.54, 1.807) is 4.90 Å². The maximum atomic E-state index is 10.6. The fourth-order valence-corrected chi connectivity index (χ4v) is 2.45. The molecule has 1 aliphatic heterocycles. The summed E-state index contributed by atoms with van der Waals surface area (Å²) in [6.07, 6.45) is 3.10. The van der Waals surface area contributed by atoms with Crippen molar-refractivity contribution in [3.63, 3.8) is 0 Å². The van der Waals surface area contributed by atoms with E-state index < -0.39 is 5.54 Å². The number of piperidine rings is 1. The van der Waals surface area contributed by atoms with Crippen molar-refractivity contribution >= 4 is 28.0 Å². The molecule has 0 unspecified atom stereocenters. The largest absolute Gasteiger partial charge is 0.366 e. The maximum Gasteiger partial charge on any atom is 0.312 e. The first kappa shape index (κ1) is 12.9. The average Bonchev–Trinajstić information content (AvgIpc) is 2.42. The molecule has 1 N–H and O–H groups in total. The highest BCUT2D eigenvalue weighted by Crippen LogP contribution is 2.30. The van der Waals surface area contributed by atoms with Gasteiger partial charge in [0.2, 0.25) is 0 Å². The monoisotopic (exact) mass is 306 g/mol. The topological polar surface area (TPSA) is 56.1 Å². The van der Waals surface area contributed by atoms with Gasteiger partial charge in [0.05, 0.1) is 6.07 Å². The molecule has 1 aromatic carbocycles. The summed E-state index contributed by atoms with van der Waals surface area (Å²) in [6, 6.07) is 10.1. The lowest BCUT2D eigenvalue weighted by Gasteiger charge is -2.36. The van der Waals surface area contributed by atoms with Crippen LogP contribution < -0.4 is 5.32 Å². The molecule has 0 bridgehead atoms. The minimum absolute atomic E-state index is 0.564. The summed E-state index contributed by atoms with van der Waals surface area (Å²) in [7, 11) is 0. The minimum atomic E-state index is -0.600. The molecule has 1 saturated heterocycles. The number of hydrogen-bond donors (Lipinski definition) is 1. The second kappa shape index (κ2) is 5.40. The van der Waals surface area contributed by atoms with Gasteiger partial charge in [-0.15, -0.1) is 0 Å². The smallest absolute Gasteiger partial charge is 0.312 e. The van der Waals surface area contributed by atoms with E-state index in [4.69, 9.17) is 0 Å². The summed E-state index contributed by atoms with van der Waals surface area (Å²) in [6.45, 7) is 1.13.